The van der Waals surface area contributed by atoms with Crippen LogP contribution < -0.4 is 9.47 Å². The molecule has 0 spiro atoms. The Morgan fingerprint density at radius 2 is 0.727 bits per heavy atom. The van der Waals surface area contributed by atoms with Crippen LogP contribution in [0.5, 0.6) is 11.5 Å². The van der Waals surface area contributed by atoms with E-state index in [1.165, 1.54) is 22.3 Å². The minimum atomic E-state index is -0.0650. The first-order valence-electron chi connectivity index (χ1n) is 18.8. The van der Waals surface area contributed by atoms with Gasteiger partial charge in [-0.05, 0) is 81.0 Å². The van der Waals surface area contributed by atoms with Crippen LogP contribution >= 0.6 is 0 Å². The van der Waals surface area contributed by atoms with E-state index in [1.807, 2.05) is 74.5 Å². The molecule has 0 fully saturated rings. The molecule has 0 radical (unpaired) electrons. The molecule has 0 heterocycles. The molecule has 0 aliphatic carbocycles. The van der Waals surface area contributed by atoms with E-state index in [2.05, 4.69) is 107 Å². The number of hydrogen-bond donors (Lipinski definition) is 0. The van der Waals surface area contributed by atoms with Gasteiger partial charge in [0.1, 0.15) is 11.5 Å². The van der Waals surface area contributed by atoms with Gasteiger partial charge in [0.25, 0.3) is 0 Å². The van der Waals surface area contributed by atoms with Crippen LogP contribution in [0.1, 0.15) is 141 Å². The van der Waals surface area contributed by atoms with Crippen molar-refractivity contribution in [3.63, 3.8) is 0 Å². The summed E-state index contributed by atoms with van der Waals surface area (Å²) in [4.78, 5) is 2.74. The summed E-state index contributed by atoms with van der Waals surface area (Å²) in [5, 5.41) is 0. The molecule has 4 rings (SSSR count). The summed E-state index contributed by atoms with van der Waals surface area (Å²) in [5.74, 6) is 1.72. The first-order chi connectivity index (χ1) is 24.9. The molecule has 2 nitrogen and oxygen atoms in total. The second-order valence-electron chi connectivity index (χ2n) is 17.7. The zero-order valence-corrected chi connectivity index (χ0v) is 39.5. The van der Waals surface area contributed by atoms with Crippen LogP contribution in [0.4, 0.5) is 0 Å². The van der Waals surface area contributed by atoms with Gasteiger partial charge in [0.2, 0.25) is 0 Å². The van der Waals surface area contributed by atoms with Crippen molar-refractivity contribution in [2.45, 2.75) is 119 Å². The molecule has 0 saturated heterocycles. The summed E-state index contributed by atoms with van der Waals surface area (Å²) >= 11 is 23.2. The van der Waals surface area contributed by atoms with Gasteiger partial charge < -0.3 is 60.0 Å². The van der Waals surface area contributed by atoms with Gasteiger partial charge in [-0.25, -0.2) is 0 Å². The molecule has 55 heavy (non-hydrogen) atoms. The maximum absolute atomic E-state index is 6.12. The molecule has 0 bridgehead atoms. The zero-order chi connectivity index (χ0) is 40.8. The first-order valence-corrected chi connectivity index (χ1v) is 20.5. The maximum Gasteiger partial charge on any atom is 0.128 e. The van der Waals surface area contributed by atoms with Crippen LogP contribution in [0.3, 0.4) is 0 Å². The van der Waals surface area contributed by atoms with E-state index < -0.39 is 0 Å². The van der Waals surface area contributed by atoms with Crippen molar-refractivity contribution >= 4 is 70.1 Å². The molecule has 0 aromatic heterocycles. The van der Waals surface area contributed by atoms with Gasteiger partial charge in [0, 0.05) is 27.6 Å². The van der Waals surface area contributed by atoms with E-state index in [1.54, 1.807) is 0 Å². The van der Waals surface area contributed by atoms with Crippen LogP contribution in [-0.2, 0) is 88.7 Å². The van der Waals surface area contributed by atoms with E-state index in [9.17, 15) is 0 Å². The predicted molar refractivity (Wildman–Crippen MR) is 246 cm³/mol. The van der Waals surface area contributed by atoms with Crippen molar-refractivity contribution in [1.82, 2.24) is 0 Å². The summed E-state index contributed by atoms with van der Waals surface area (Å²) in [5.41, 5.74) is 8.50. The Balaban J connectivity index is 0.000000373. The molecular formula is C48H60NiO2S4-4. The molecule has 4 aromatic carbocycles. The van der Waals surface area contributed by atoms with Gasteiger partial charge in [-0.3, -0.25) is 0 Å². The van der Waals surface area contributed by atoms with E-state index in [0.29, 0.717) is 32.8 Å². The molecule has 0 atom stereocenters. The fourth-order valence-electron chi connectivity index (χ4n) is 5.86. The molecule has 0 unspecified atom stereocenters. The Hall–Kier alpha value is -2.67. The topological polar surface area (TPSA) is 18.5 Å². The average Bonchev–Trinajstić information content (AvgIpc) is 3.09. The van der Waals surface area contributed by atoms with E-state index in [-0.39, 0.29) is 38.2 Å². The maximum atomic E-state index is 6.12. The molecule has 0 amide bonds. The minimum absolute atomic E-state index is 0. The fourth-order valence-corrected chi connectivity index (χ4v) is 6.89. The van der Waals surface area contributed by atoms with Crippen molar-refractivity contribution in [2.24, 2.45) is 0 Å². The minimum Gasteiger partial charge on any atom is -0.780 e. The third-order valence-electron chi connectivity index (χ3n) is 9.08. The number of hydrogen-bond acceptors (Lipinski definition) is 6. The number of benzene rings is 4. The van der Waals surface area contributed by atoms with Crippen LogP contribution in [0.25, 0.3) is 19.6 Å². The van der Waals surface area contributed by atoms with Gasteiger partial charge in [0.05, 0.1) is 13.2 Å². The quantitative estimate of drug-likeness (QED) is 0.0991. The van der Waals surface area contributed by atoms with E-state index in [4.69, 9.17) is 60.0 Å². The Kier molecular flexibility index (Phi) is 17.3. The molecular weight excluding hydrogens is 795 g/mol. The second kappa shape index (κ2) is 19.7. The molecule has 0 aliphatic heterocycles. The molecule has 0 N–H and O–H groups in total. The summed E-state index contributed by atoms with van der Waals surface area (Å²) < 4.78 is 12.2. The largest absolute Gasteiger partial charge is 0.780 e. The summed E-state index contributed by atoms with van der Waals surface area (Å²) in [6, 6.07) is 28.8. The third kappa shape index (κ3) is 12.7. The molecule has 7 heteroatoms. The predicted octanol–water partition coefficient (Wildman–Crippen LogP) is 13.2. The molecule has 0 saturated carbocycles. The average molecular weight is 856 g/mol. The standard InChI is InChI=1S/2C24H32OS2.Ni/c2*1-8-25-20-18(22(27)21(26)16-12-10-9-11-13-16)14-17(23(2,3)4)15-19(20)24(5,6)7;/h2*9-15,26-27H,8H2,1-7H3;/p-4/b2*22-21-;. The third-order valence-corrected chi connectivity index (χ3v) is 11.1. The van der Waals surface area contributed by atoms with Gasteiger partial charge in [-0.15, -0.1) is 0 Å². The van der Waals surface area contributed by atoms with Crippen LogP contribution in [0, 0.1) is 0 Å². The Morgan fingerprint density at radius 3 is 0.964 bits per heavy atom. The molecule has 4 aromatic rings. The Morgan fingerprint density at radius 1 is 0.436 bits per heavy atom. The Bertz CT molecular complexity index is 1790. The molecule has 0 aliphatic rings. The van der Waals surface area contributed by atoms with Crippen LogP contribution in [-0.4, -0.2) is 13.2 Å². The Labute approximate surface area is 366 Å². The van der Waals surface area contributed by atoms with Gasteiger partial charge in [-0.2, -0.15) is 19.6 Å². The van der Waals surface area contributed by atoms with Gasteiger partial charge in [0.15, 0.2) is 0 Å². The van der Waals surface area contributed by atoms with Gasteiger partial charge in [-0.1, -0.05) is 156 Å². The van der Waals surface area contributed by atoms with Crippen molar-refractivity contribution in [3.05, 3.63) is 129 Å². The molecule has 302 valence electrons. The van der Waals surface area contributed by atoms with E-state index in [0.717, 1.165) is 33.8 Å². The number of rotatable bonds is 8. The monoisotopic (exact) mass is 854 g/mol. The summed E-state index contributed by atoms with van der Waals surface area (Å²) in [6.45, 7) is 31.8. The SMILES string of the molecule is CCOc1c(/C([S-])=C(/[S-])c2ccccc2)cc(C(C)(C)C)cc1C(C)(C)C.CCOc1c(/C([S-])=C(/[S-])c2ccccc2)cc(C(C)(C)C)cc1C(C)(C)C.[Ni]. The number of ether oxygens (including phenoxy) is 2. The van der Waals surface area contributed by atoms with Crippen LogP contribution in [0.2, 0.25) is 0 Å². The van der Waals surface area contributed by atoms with E-state index >= 15 is 0 Å². The van der Waals surface area contributed by atoms with Crippen molar-refractivity contribution in [3.8, 4) is 11.5 Å². The smallest absolute Gasteiger partial charge is 0.128 e. The van der Waals surface area contributed by atoms with Crippen molar-refractivity contribution in [2.75, 3.05) is 13.2 Å². The van der Waals surface area contributed by atoms with Crippen molar-refractivity contribution < 1.29 is 26.0 Å². The van der Waals surface area contributed by atoms with Crippen LogP contribution in [0.15, 0.2) is 84.9 Å². The second-order valence-corrected chi connectivity index (χ2v) is 19.3. The summed E-state index contributed by atoms with van der Waals surface area (Å²) in [6.07, 6.45) is 0. The van der Waals surface area contributed by atoms with Gasteiger partial charge >= 0.3 is 0 Å². The fraction of sp³-hybridized carbons (Fsp3) is 0.417. The zero-order valence-electron chi connectivity index (χ0n) is 35.3. The van der Waals surface area contributed by atoms with Crippen molar-refractivity contribution in [1.29, 1.82) is 0 Å². The normalized spacial score (nSPS) is 13.1. The summed E-state index contributed by atoms with van der Waals surface area (Å²) in [7, 11) is 0. The first kappa shape index (κ1) is 48.5.